The van der Waals surface area contributed by atoms with E-state index in [0.717, 1.165) is 5.56 Å². The Hall–Kier alpha value is -1.58. The summed E-state index contributed by atoms with van der Waals surface area (Å²) in [6, 6.07) is 3.38. The molecule has 1 aromatic rings. The lowest BCUT2D eigenvalue weighted by molar-refractivity contribution is 0.254. The summed E-state index contributed by atoms with van der Waals surface area (Å²) in [6.45, 7) is 6.19. The number of pyridine rings is 1. The lowest BCUT2D eigenvalue weighted by Gasteiger charge is -2.02. The molecule has 4 heteroatoms. The molecule has 4 nitrogen and oxygen atoms in total. The van der Waals surface area contributed by atoms with E-state index in [1.165, 1.54) is 6.42 Å². The van der Waals surface area contributed by atoms with Crippen molar-refractivity contribution in [3.8, 4) is 0 Å². The first-order valence-electron chi connectivity index (χ1n) is 5.05. The first-order valence-corrected chi connectivity index (χ1v) is 5.05. The van der Waals surface area contributed by atoms with Crippen molar-refractivity contribution < 1.29 is 7.65 Å². The van der Waals surface area contributed by atoms with Crippen molar-refractivity contribution in [2.75, 3.05) is 12.4 Å². The lowest BCUT2D eigenvalue weighted by Crippen LogP contribution is -2.24. The van der Waals surface area contributed by atoms with Crippen molar-refractivity contribution in [3.63, 3.8) is 0 Å². The Morgan fingerprint density at radius 2 is 2.07 bits per heavy atom. The number of hydrogen-bond donors (Lipinski definition) is 2. The first-order chi connectivity index (χ1) is 7.13. The van der Waals surface area contributed by atoms with Gasteiger partial charge in [0.15, 0.2) is 0 Å². The smallest absolute Gasteiger partial charge is 0.320 e. The number of aryl methyl sites for hydroxylation is 1. The van der Waals surface area contributed by atoms with Crippen molar-refractivity contribution in [2.45, 2.75) is 27.2 Å². The number of nitrogens with zero attached hydrogens (tertiary/aromatic N) is 1. The third-order valence-electron chi connectivity index (χ3n) is 1.38. The van der Waals surface area contributed by atoms with Crippen molar-refractivity contribution in [3.05, 3.63) is 23.9 Å². The van der Waals surface area contributed by atoms with Crippen LogP contribution in [0.25, 0.3) is 0 Å². The third-order valence-corrected chi connectivity index (χ3v) is 1.38. The van der Waals surface area contributed by atoms with Gasteiger partial charge in [-0.05, 0) is 18.6 Å². The second-order valence-corrected chi connectivity index (χ2v) is 3.13. The minimum absolute atomic E-state index is 0. The van der Waals surface area contributed by atoms with Gasteiger partial charge >= 0.3 is 6.03 Å². The highest BCUT2D eigenvalue weighted by atomic mass is 16.2. The Morgan fingerprint density at radius 3 is 2.47 bits per heavy atom. The molecule has 0 unspecified atom stereocenters. The molecule has 0 bridgehead atoms. The number of aromatic nitrogens is 1. The first kappa shape index (κ1) is 13.4. The summed E-state index contributed by atoms with van der Waals surface area (Å²) >= 11 is 0. The summed E-state index contributed by atoms with van der Waals surface area (Å²) in [6.07, 6.45) is 2.95. The van der Waals surface area contributed by atoms with Crippen LogP contribution in [0.3, 0.4) is 0 Å². The minimum Gasteiger partial charge on any atom is -0.341 e. The Morgan fingerprint density at radius 1 is 1.47 bits per heavy atom. The fourth-order valence-electron chi connectivity index (χ4n) is 0.721. The molecule has 88 valence electrons. The molecule has 1 aromatic heterocycles. The van der Waals surface area contributed by atoms with E-state index in [-0.39, 0.29) is 8.88 Å². The van der Waals surface area contributed by atoms with Gasteiger partial charge in [-0.15, -0.1) is 0 Å². The Bertz CT molecular complexity index is 291. The van der Waals surface area contributed by atoms with E-state index in [1.54, 1.807) is 19.3 Å². The minimum atomic E-state index is -0.258. The lowest BCUT2D eigenvalue weighted by atomic mass is 10.3. The zero-order valence-electron chi connectivity index (χ0n) is 9.79. The fourth-order valence-corrected chi connectivity index (χ4v) is 0.721. The number of carbonyl (C=O) groups excluding carboxylic acids is 1. The molecule has 2 amide bonds. The Kier molecular flexibility index (Phi) is 6.97. The maximum absolute atomic E-state index is 10.8. The quantitative estimate of drug-likeness (QED) is 0.753. The Balaban J connectivity index is -0.000000356. The van der Waals surface area contributed by atoms with Crippen LogP contribution >= 0.6 is 0 Å². The third kappa shape index (κ3) is 6.49. The van der Waals surface area contributed by atoms with Crippen LogP contribution in [0, 0.1) is 6.92 Å². The van der Waals surface area contributed by atoms with Crippen LogP contribution in [0.2, 0.25) is 0 Å². The SMILES string of the molecule is CCC.CNC(=O)Nc1ccc(C)cn1.[HH].[HH]. The summed E-state index contributed by atoms with van der Waals surface area (Å²) < 4.78 is 0. The monoisotopic (exact) mass is 213 g/mol. The highest BCUT2D eigenvalue weighted by Gasteiger charge is 1.97. The summed E-state index contributed by atoms with van der Waals surface area (Å²) in [7, 11) is 1.56. The van der Waals surface area contributed by atoms with Gasteiger partial charge in [-0.25, -0.2) is 9.78 Å². The largest absolute Gasteiger partial charge is 0.341 e. The zero-order chi connectivity index (χ0) is 11.7. The van der Waals surface area contributed by atoms with Crippen molar-refractivity contribution >= 4 is 11.8 Å². The zero-order valence-corrected chi connectivity index (χ0v) is 9.79. The van der Waals surface area contributed by atoms with E-state index in [0.29, 0.717) is 5.82 Å². The molecule has 0 radical (unpaired) electrons. The van der Waals surface area contributed by atoms with Gasteiger partial charge < -0.3 is 5.32 Å². The van der Waals surface area contributed by atoms with Crippen LogP contribution in [0.15, 0.2) is 18.3 Å². The van der Waals surface area contributed by atoms with Gasteiger partial charge in [0, 0.05) is 16.1 Å². The van der Waals surface area contributed by atoms with Crippen LogP contribution in [0.1, 0.15) is 28.7 Å². The molecule has 0 aromatic carbocycles. The van der Waals surface area contributed by atoms with Crippen LogP contribution in [0.4, 0.5) is 10.6 Å². The molecule has 0 fully saturated rings. The molecule has 0 aliphatic heterocycles. The fraction of sp³-hybridized carbons (Fsp3) is 0.455. The number of hydrogen-bond acceptors (Lipinski definition) is 2. The maximum Gasteiger partial charge on any atom is 0.320 e. The molecule has 0 saturated heterocycles. The van der Waals surface area contributed by atoms with Crippen LogP contribution in [-0.4, -0.2) is 18.1 Å². The standard InChI is InChI=1S/C8H11N3O.C3H8.2H2/c1-6-3-4-7(10-5-6)11-8(12)9-2;1-3-2;;/h3-5H,1-2H3,(H2,9,10,11,12);3H2,1-2H3;2*1H. The summed E-state index contributed by atoms with van der Waals surface area (Å²) in [5, 5.41) is 5.00. The number of anilines is 1. The van der Waals surface area contributed by atoms with Crippen molar-refractivity contribution in [1.29, 1.82) is 0 Å². The van der Waals surface area contributed by atoms with E-state index in [2.05, 4.69) is 29.5 Å². The molecule has 2 N–H and O–H groups in total. The number of carbonyl (C=O) groups is 1. The molecule has 0 saturated carbocycles. The van der Waals surface area contributed by atoms with Crippen molar-refractivity contribution in [2.24, 2.45) is 0 Å². The highest BCUT2D eigenvalue weighted by Crippen LogP contribution is 2.02. The summed E-state index contributed by atoms with van der Waals surface area (Å²) in [5.41, 5.74) is 1.07. The van der Waals surface area contributed by atoms with Crippen LogP contribution in [-0.2, 0) is 0 Å². The van der Waals surface area contributed by atoms with Gasteiger partial charge in [-0.1, -0.05) is 26.3 Å². The second-order valence-electron chi connectivity index (χ2n) is 3.13. The van der Waals surface area contributed by atoms with E-state index < -0.39 is 0 Å². The topological polar surface area (TPSA) is 54.0 Å². The molecule has 0 atom stereocenters. The summed E-state index contributed by atoms with van der Waals surface area (Å²) in [5.74, 6) is 0.556. The number of amides is 2. The van der Waals surface area contributed by atoms with Gasteiger partial charge in [-0.2, -0.15) is 0 Å². The molecule has 15 heavy (non-hydrogen) atoms. The number of nitrogens with one attached hydrogen (secondary N) is 2. The van der Waals surface area contributed by atoms with E-state index in [4.69, 9.17) is 0 Å². The van der Waals surface area contributed by atoms with Gasteiger partial charge in [0.1, 0.15) is 5.82 Å². The average Bonchev–Trinajstić information content (AvgIpc) is 2.22. The predicted octanol–water partition coefficient (Wildman–Crippen LogP) is 3.05. The van der Waals surface area contributed by atoms with Gasteiger partial charge in [0.25, 0.3) is 0 Å². The Labute approximate surface area is 94.1 Å². The predicted molar refractivity (Wildman–Crippen MR) is 67.2 cm³/mol. The normalized spacial score (nSPS) is 8.53. The molecule has 0 aliphatic carbocycles. The molecular weight excluding hydrogens is 190 g/mol. The van der Waals surface area contributed by atoms with E-state index >= 15 is 0 Å². The highest BCUT2D eigenvalue weighted by molar-refractivity contribution is 5.87. The van der Waals surface area contributed by atoms with E-state index in [1.807, 2.05) is 13.0 Å². The number of urea groups is 1. The molecule has 0 spiro atoms. The second kappa shape index (κ2) is 7.79. The van der Waals surface area contributed by atoms with Gasteiger partial charge in [0.2, 0.25) is 0 Å². The van der Waals surface area contributed by atoms with Crippen LogP contribution in [0.5, 0.6) is 0 Å². The van der Waals surface area contributed by atoms with Crippen molar-refractivity contribution in [1.82, 2.24) is 10.3 Å². The number of rotatable bonds is 1. The molecule has 1 heterocycles. The molecular formula is C11H23N3O. The molecule has 0 aliphatic rings. The summed E-state index contributed by atoms with van der Waals surface area (Å²) in [4.78, 5) is 14.8. The van der Waals surface area contributed by atoms with Crippen LogP contribution < -0.4 is 10.6 Å². The average molecular weight is 213 g/mol. The maximum atomic E-state index is 10.8. The van der Waals surface area contributed by atoms with Gasteiger partial charge in [0.05, 0.1) is 0 Å². The van der Waals surface area contributed by atoms with E-state index in [9.17, 15) is 4.79 Å². The molecule has 1 rings (SSSR count). The van der Waals surface area contributed by atoms with Gasteiger partial charge in [-0.3, -0.25) is 5.32 Å².